The number of carbonyl (C=O) groups is 1. The number of halogens is 3. The van der Waals surface area contributed by atoms with E-state index in [2.05, 4.69) is 10.3 Å². The zero-order valence-corrected chi connectivity index (χ0v) is 13.6. The van der Waals surface area contributed by atoms with Crippen molar-refractivity contribution in [1.29, 1.82) is 0 Å². The third kappa shape index (κ3) is 4.27. The summed E-state index contributed by atoms with van der Waals surface area (Å²) < 4.78 is 40.1. The van der Waals surface area contributed by atoms with Gasteiger partial charge in [0.15, 0.2) is 0 Å². The van der Waals surface area contributed by atoms with Crippen molar-refractivity contribution < 1.29 is 18.0 Å². The first-order chi connectivity index (χ1) is 12.5. The van der Waals surface area contributed by atoms with Crippen LogP contribution in [0.15, 0.2) is 67.0 Å². The number of nitrogens with zero attached hydrogens (tertiary/aromatic N) is 1. The fourth-order valence-electron chi connectivity index (χ4n) is 2.62. The molecule has 6 heteroatoms. The van der Waals surface area contributed by atoms with E-state index >= 15 is 0 Å². The van der Waals surface area contributed by atoms with Gasteiger partial charge in [0.05, 0.1) is 11.6 Å². The van der Waals surface area contributed by atoms with Crippen LogP contribution in [-0.4, -0.2) is 10.9 Å². The normalized spacial score (nSPS) is 11.8. The molecule has 1 atom stereocenters. The van der Waals surface area contributed by atoms with E-state index in [9.17, 15) is 18.0 Å². The van der Waals surface area contributed by atoms with Crippen molar-refractivity contribution in [2.24, 2.45) is 0 Å². The molecule has 2 aromatic carbocycles. The summed E-state index contributed by atoms with van der Waals surface area (Å²) in [6.07, 6.45) is 3.54. The van der Waals surface area contributed by atoms with Gasteiger partial charge in [-0.1, -0.05) is 18.2 Å². The minimum Gasteiger partial charge on any atom is -0.323 e. The monoisotopic (exact) mass is 356 g/mol. The standard InChI is InChI=1S/C20H15F3N2O/c21-15-5-3-14(4-6-15)17(10-13-2-1-9-24-12-13)20(26)25-19-8-7-16(22)11-18(19)23/h1-9,11-12,17H,10H2,(H,25,26). The van der Waals surface area contributed by atoms with E-state index in [0.29, 0.717) is 18.1 Å². The molecule has 0 fully saturated rings. The van der Waals surface area contributed by atoms with Crippen LogP contribution >= 0.6 is 0 Å². The lowest BCUT2D eigenvalue weighted by Crippen LogP contribution is -2.23. The molecule has 0 saturated heterocycles. The van der Waals surface area contributed by atoms with Crippen molar-refractivity contribution >= 4 is 11.6 Å². The Hall–Kier alpha value is -3.15. The molecule has 1 heterocycles. The summed E-state index contributed by atoms with van der Waals surface area (Å²) in [5, 5.41) is 2.48. The van der Waals surface area contributed by atoms with E-state index in [0.717, 1.165) is 17.7 Å². The quantitative estimate of drug-likeness (QED) is 0.733. The molecule has 0 bridgehead atoms. The maximum absolute atomic E-state index is 13.8. The Kier molecular flexibility index (Phi) is 5.31. The van der Waals surface area contributed by atoms with Gasteiger partial charge < -0.3 is 5.32 Å². The minimum absolute atomic E-state index is 0.116. The van der Waals surface area contributed by atoms with Crippen molar-refractivity contribution in [2.45, 2.75) is 12.3 Å². The van der Waals surface area contributed by atoms with Gasteiger partial charge in [-0.15, -0.1) is 0 Å². The molecule has 0 aliphatic rings. The number of anilines is 1. The van der Waals surface area contributed by atoms with Gasteiger partial charge in [-0.25, -0.2) is 13.2 Å². The molecule has 26 heavy (non-hydrogen) atoms. The molecule has 0 aliphatic heterocycles. The van der Waals surface area contributed by atoms with E-state index in [1.165, 1.54) is 24.3 Å². The summed E-state index contributed by atoms with van der Waals surface area (Å²) in [7, 11) is 0. The van der Waals surface area contributed by atoms with Gasteiger partial charge in [0.1, 0.15) is 17.5 Å². The van der Waals surface area contributed by atoms with Gasteiger partial charge >= 0.3 is 0 Å². The number of hydrogen-bond donors (Lipinski definition) is 1. The molecular formula is C20H15F3N2O. The van der Waals surface area contributed by atoms with E-state index < -0.39 is 29.3 Å². The maximum atomic E-state index is 13.8. The van der Waals surface area contributed by atoms with Crippen molar-refractivity contribution in [1.82, 2.24) is 4.98 Å². The Morgan fingerprint density at radius 1 is 1.00 bits per heavy atom. The summed E-state index contributed by atoms with van der Waals surface area (Å²) >= 11 is 0. The molecule has 3 aromatic rings. The highest BCUT2D eigenvalue weighted by Crippen LogP contribution is 2.24. The van der Waals surface area contributed by atoms with Crippen LogP contribution in [0.4, 0.5) is 18.9 Å². The average Bonchev–Trinajstić information content (AvgIpc) is 2.64. The first-order valence-corrected chi connectivity index (χ1v) is 7.93. The van der Waals surface area contributed by atoms with Gasteiger partial charge in [0.2, 0.25) is 5.91 Å². The van der Waals surface area contributed by atoms with Gasteiger partial charge in [0.25, 0.3) is 0 Å². The molecule has 132 valence electrons. The van der Waals surface area contributed by atoms with Crippen LogP contribution in [0.2, 0.25) is 0 Å². The van der Waals surface area contributed by atoms with Gasteiger partial charge in [-0.05, 0) is 47.9 Å². The average molecular weight is 356 g/mol. The van der Waals surface area contributed by atoms with Gasteiger partial charge in [0, 0.05) is 18.5 Å². The number of pyridine rings is 1. The molecular weight excluding hydrogens is 341 g/mol. The number of nitrogens with one attached hydrogen (secondary N) is 1. The van der Waals surface area contributed by atoms with Crippen molar-refractivity contribution in [2.75, 3.05) is 5.32 Å². The molecule has 1 N–H and O–H groups in total. The first-order valence-electron chi connectivity index (χ1n) is 7.93. The lowest BCUT2D eigenvalue weighted by atomic mass is 9.91. The second-order valence-corrected chi connectivity index (χ2v) is 5.78. The SMILES string of the molecule is O=C(Nc1ccc(F)cc1F)C(Cc1cccnc1)c1ccc(F)cc1. The molecule has 0 saturated carbocycles. The second-order valence-electron chi connectivity index (χ2n) is 5.78. The fourth-order valence-corrected chi connectivity index (χ4v) is 2.62. The zero-order valence-electron chi connectivity index (χ0n) is 13.6. The Morgan fingerprint density at radius 3 is 2.38 bits per heavy atom. The van der Waals surface area contributed by atoms with Crippen molar-refractivity contribution in [3.05, 3.63) is 95.6 Å². The van der Waals surface area contributed by atoms with Crippen LogP contribution in [0.3, 0.4) is 0 Å². The summed E-state index contributed by atoms with van der Waals surface area (Å²) in [6.45, 7) is 0. The molecule has 0 spiro atoms. The Balaban J connectivity index is 1.88. The number of benzene rings is 2. The highest BCUT2D eigenvalue weighted by molar-refractivity contribution is 5.96. The van der Waals surface area contributed by atoms with Crippen LogP contribution in [0, 0.1) is 17.5 Å². The Morgan fingerprint density at radius 2 is 1.73 bits per heavy atom. The molecule has 1 unspecified atom stereocenters. The number of amides is 1. The third-order valence-corrected chi connectivity index (χ3v) is 3.94. The summed E-state index contributed by atoms with van der Waals surface area (Å²) in [5.74, 6) is -3.18. The van der Waals surface area contributed by atoms with E-state index in [-0.39, 0.29) is 5.69 Å². The van der Waals surface area contributed by atoms with Gasteiger partial charge in [-0.3, -0.25) is 9.78 Å². The van der Waals surface area contributed by atoms with Crippen LogP contribution in [0.1, 0.15) is 17.0 Å². The topological polar surface area (TPSA) is 42.0 Å². The van der Waals surface area contributed by atoms with Crippen LogP contribution in [-0.2, 0) is 11.2 Å². The molecule has 0 radical (unpaired) electrons. The maximum Gasteiger partial charge on any atom is 0.232 e. The largest absolute Gasteiger partial charge is 0.323 e. The number of hydrogen-bond acceptors (Lipinski definition) is 2. The van der Waals surface area contributed by atoms with Crippen LogP contribution < -0.4 is 5.32 Å². The predicted octanol–water partition coefficient (Wildman–Crippen LogP) is 4.46. The number of rotatable bonds is 5. The Bertz CT molecular complexity index is 899. The highest BCUT2D eigenvalue weighted by atomic mass is 19.1. The van der Waals surface area contributed by atoms with Crippen molar-refractivity contribution in [3.8, 4) is 0 Å². The summed E-state index contributed by atoms with van der Waals surface area (Å²) in [4.78, 5) is 16.8. The highest BCUT2D eigenvalue weighted by Gasteiger charge is 2.22. The number of aromatic nitrogens is 1. The lowest BCUT2D eigenvalue weighted by molar-refractivity contribution is -0.117. The number of carbonyl (C=O) groups excluding carboxylic acids is 1. The molecule has 3 rings (SSSR count). The molecule has 1 aromatic heterocycles. The Labute approximate surface area is 148 Å². The molecule has 3 nitrogen and oxygen atoms in total. The summed E-state index contributed by atoms with van der Waals surface area (Å²) in [6, 6.07) is 12.0. The van der Waals surface area contributed by atoms with Crippen molar-refractivity contribution in [3.63, 3.8) is 0 Å². The minimum atomic E-state index is -0.863. The third-order valence-electron chi connectivity index (χ3n) is 3.94. The van der Waals surface area contributed by atoms with E-state index in [1.54, 1.807) is 18.5 Å². The fraction of sp³-hybridized carbons (Fsp3) is 0.100. The van der Waals surface area contributed by atoms with Crippen LogP contribution in [0.25, 0.3) is 0 Å². The molecule has 0 aliphatic carbocycles. The van der Waals surface area contributed by atoms with Gasteiger partial charge in [-0.2, -0.15) is 0 Å². The van der Waals surface area contributed by atoms with E-state index in [4.69, 9.17) is 0 Å². The molecule has 1 amide bonds. The predicted molar refractivity (Wildman–Crippen MR) is 92.1 cm³/mol. The second kappa shape index (κ2) is 7.82. The lowest BCUT2D eigenvalue weighted by Gasteiger charge is -2.18. The van der Waals surface area contributed by atoms with Crippen LogP contribution in [0.5, 0.6) is 0 Å². The first kappa shape index (κ1) is 17.7. The smallest absolute Gasteiger partial charge is 0.232 e. The van der Waals surface area contributed by atoms with E-state index in [1.807, 2.05) is 6.07 Å². The zero-order chi connectivity index (χ0) is 18.5. The summed E-state index contributed by atoms with van der Waals surface area (Å²) in [5.41, 5.74) is 1.27.